The molecule has 5 nitrogen and oxygen atoms in total. The Morgan fingerprint density at radius 1 is 1.37 bits per heavy atom. The Morgan fingerprint density at radius 3 is 2.68 bits per heavy atom. The van der Waals surface area contributed by atoms with Gasteiger partial charge in [0.15, 0.2) is 6.10 Å². The van der Waals surface area contributed by atoms with Gasteiger partial charge in [-0.3, -0.25) is 4.79 Å². The number of amides is 1. The predicted molar refractivity (Wildman–Crippen MR) is 71.8 cm³/mol. The third-order valence-corrected chi connectivity index (χ3v) is 3.44. The molecule has 0 spiro atoms. The second-order valence-electron chi connectivity index (χ2n) is 4.14. The standard InChI is InChI=1S/C13H14BrNO4/c1-18-13(17)11-8-15(6-7-19-11)12(16)9-2-4-10(14)5-3-9/h2-5,11H,6-8H2,1H3. The molecule has 6 heteroatoms. The van der Waals surface area contributed by atoms with Crippen molar-refractivity contribution in [2.75, 3.05) is 26.8 Å². The maximum absolute atomic E-state index is 12.3. The van der Waals surface area contributed by atoms with Gasteiger partial charge in [-0.25, -0.2) is 4.79 Å². The molecule has 0 radical (unpaired) electrons. The monoisotopic (exact) mass is 327 g/mol. The summed E-state index contributed by atoms with van der Waals surface area (Å²) in [7, 11) is 1.31. The van der Waals surface area contributed by atoms with Crippen LogP contribution in [0.15, 0.2) is 28.7 Å². The molecule has 1 saturated heterocycles. The van der Waals surface area contributed by atoms with Crippen LogP contribution in [-0.4, -0.2) is 49.7 Å². The molecule has 1 aliphatic heterocycles. The summed E-state index contributed by atoms with van der Waals surface area (Å²) in [5.41, 5.74) is 0.591. The summed E-state index contributed by atoms with van der Waals surface area (Å²) in [6, 6.07) is 7.11. The first-order valence-electron chi connectivity index (χ1n) is 5.86. The van der Waals surface area contributed by atoms with Gasteiger partial charge in [0.25, 0.3) is 5.91 Å². The third-order valence-electron chi connectivity index (χ3n) is 2.91. The van der Waals surface area contributed by atoms with Crippen LogP contribution in [0.4, 0.5) is 0 Å². The van der Waals surface area contributed by atoms with E-state index in [0.29, 0.717) is 18.7 Å². The van der Waals surface area contributed by atoms with Gasteiger partial charge in [0, 0.05) is 16.6 Å². The fourth-order valence-electron chi connectivity index (χ4n) is 1.88. The maximum Gasteiger partial charge on any atom is 0.336 e. The van der Waals surface area contributed by atoms with Gasteiger partial charge in [-0.1, -0.05) is 15.9 Å². The largest absolute Gasteiger partial charge is 0.467 e. The Morgan fingerprint density at radius 2 is 2.05 bits per heavy atom. The quantitative estimate of drug-likeness (QED) is 0.772. The van der Waals surface area contributed by atoms with Crippen molar-refractivity contribution in [2.45, 2.75) is 6.10 Å². The normalized spacial score (nSPS) is 19.1. The van der Waals surface area contributed by atoms with Gasteiger partial charge >= 0.3 is 5.97 Å². The molecule has 1 aromatic carbocycles. The molecular formula is C13H14BrNO4. The van der Waals surface area contributed by atoms with Crippen molar-refractivity contribution in [3.05, 3.63) is 34.3 Å². The average Bonchev–Trinajstić information content (AvgIpc) is 2.46. The fraction of sp³-hybridized carbons (Fsp3) is 0.385. The van der Waals surface area contributed by atoms with E-state index < -0.39 is 12.1 Å². The van der Waals surface area contributed by atoms with Crippen molar-refractivity contribution >= 4 is 27.8 Å². The van der Waals surface area contributed by atoms with E-state index in [0.717, 1.165) is 4.47 Å². The highest BCUT2D eigenvalue weighted by Gasteiger charge is 2.30. The molecular weight excluding hydrogens is 314 g/mol. The highest BCUT2D eigenvalue weighted by Crippen LogP contribution is 2.14. The van der Waals surface area contributed by atoms with E-state index in [-0.39, 0.29) is 12.5 Å². The summed E-state index contributed by atoms with van der Waals surface area (Å²) < 4.78 is 10.8. The molecule has 1 amide bonds. The fourth-order valence-corrected chi connectivity index (χ4v) is 2.15. The van der Waals surface area contributed by atoms with E-state index in [1.54, 1.807) is 17.0 Å². The molecule has 1 aliphatic rings. The highest BCUT2D eigenvalue weighted by molar-refractivity contribution is 9.10. The number of methoxy groups -OCH3 is 1. The van der Waals surface area contributed by atoms with Gasteiger partial charge in [0.2, 0.25) is 0 Å². The number of nitrogens with zero attached hydrogens (tertiary/aromatic N) is 1. The number of carbonyl (C=O) groups excluding carboxylic acids is 2. The van der Waals surface area contributed by atoms with Crippen molar-refractivity contribution in [3.63, 3.8) is 0 Å². The minimum absolute atomic E-state index is 0.107. The molecule has 0 aliphatic carbocycles. The number of rotatable bonds is 2. The number of morpholine rings is 1. The topological polar surface area (TPSA) is 55.8 Å². The molecule has 0 bridgehead atoms. The van der Waals surface area contributed by atoms with Gasteiger partial charge in [0.1, 0.15) is 0 Å². The second-order valence-corrected chi connectivity index (χ2v) is 5.06. The van der Waals surface area contributed by atoms with Crippen LogP contribution >= 0.6 is 15.9 Å². The zero-order valence-electron chi connectivity index (χ0n) is 10.5. The van der Waals surface area contributed by atoms with Crippen LogP contribution in [0.5, 0.6) is 0 Å². The number of hydrogen-bond donors (Lipinski definition) is 0. The minimum atomic E-state index is -0.696. The number of ether oxygens (including phenoxy) is 2. The predicted octanol–water partition coefficient (Wildman–Crippen LogP) is 1.46. The van der Waals surface area contributed by atoms with Crippen molar-refractivity contribution in [2.24, 2.45) is 0 Å². The van der Waals surface area contributed by atoms with Gasteiger partial charge in [-0.05, 0) is 24.3 Å². The van der Waals surface area contributed by atoms with Crippen molar-refractivity contribution in [3.8, 4) is 0 Å². The lowest BCUT2D eigenvalue weighted by Gasteiger charge is -2.31. The third kappa shape index (κ3) is 3.33. The lowest BCUT2D eigenvalue weighted by atomic mass is 10.1. The molecule has 0 aromatic heterocycles. The highest BCUT2D eigenvalue weighted by atomic mass is 79.9. The lowest BCUT2D eigenvalue weighted by Crippen LogP contribution is -2.48. The van der Waals surface area contributed by atoms with E-state index >= 15 is 0 Å². The summed E-state index contributed by atoms with van der Waals surface area (Å²) >= 11 is 3.32. The Bertz CT molecular complexity index is 474. The van der Waals surface area contributed by atoms with E-state index in [2.05, 4.69) is 20.7 Å². The summed E-state index contributed by atoms with van der Waals surface area (Å²) in [5, 5.41) is 0. The van der Waals surface area contributed by atoms with Crippen molar-refractivity contribution < 1.29 is 19.1 Å². The van der Waals surface area contributed by atoms with Crippen LogP contribution < -0.4 is 0 Å². The Hall–Kier alpha value is -1.40. The van der Waals surface area contributed by atoms with Gasteiger partial charge in [-0.2, -0.15) is 0 Å². The molecule has 19 heavy (non-hydrogen) atoms. The zero-order valence-corrected chi connectivity index (χ0v) is 12.1. The lowest BCUT2D eigenvalue weighted by molar-refractivity contribution is -0.158. The van der Waals surface area contributed by atoms with Crippen LogP contribution in [0, 0.1) is 0 Å². The minimum Gasteiger partial charge on any atom is -0.467 e. The maximum atomic E-state index is 12.3. The zero-order chi connectivity index (χ0) is 13.8. The van der Waals surface area contributed by atoms with Gasteiger partial charge in [0.05, 0.1) is 20.3 Å². The van der Waals surface area contributed by atoms with Gasteiger partial charge < -0.3 is 14.4 Å². The Balaban J connectivity index is 2.06. The first-order chi connectivity index (χ1) is 9.11. The smallest absolute Gasteiger partial charge is 0.336 e. The van der Waals surface area contributed by atoms with Crippen molar-refractivity contribution in [1.82, 2.24) is 4.90 Å². The molecule has 0 saturated carbocycles. The van der Waals surface area contributed by atoms with Crippen molar-refractivity contribution in [1.29, 1.82) is 0 Å². The average molecular weight is 328 g/mol. The second kappa shape index (κ2) is 6.16. The van der Waals surface area contributed by atoms with E-state index in [1.165, 1.54) is 7.11 Å². The molecule has 1 unspecified atom stereocenters. The van der Waals surface area contributed by atoms with Gasteiger partial charge in [-0.15, -0.1) is 0 Å². The van der Waals surface area contributed by atoms with Crippen LogP contribution in [0.1, 0.15) is 10.4 Å². The Kier molecular flexibility index (Phi) is 4.55. The SMILES string of the molecule is COC(=O)C1CN(C(=O)c2ccc(Br)cc2)CCO1. The number of hydrogen-bond acceptors (Lipinski definition) is 4. The molecule has 1 aromatic rings. The summed E-state index contributed by atoms with van der Waals surface area (Å²) in [4.78, 5) is 25.3. The number of carbonyl (C=O) groups is 2. The Labute approximate surface area is 119 Å². The molecule has 2 rings (SSSR count). The molecule has 1 fully saturated rings. The summed E-state index contributed by atoms with van der Waals surface area (Å²) in [6.45, 7) is 1.03. The number of esters is 1. The first-order valence-corrected chi connectivity index (χ1v) is 6.65. The summed E-state index contributed by atoms with van der Waals surface area (Å²) in [5.74, 6) is -0.557. The van der Waals surface area contributed by atoms with Crippen LogP contribution in [0.3, 0.4) is 0 Å². The van der Waals surface area contributed by atoms with Crippen LogP contribution in [0.2, 0.25) is 0 Å². The number of benzene rings is 1. The summed E-state index contributed by atoms with van der Waals surface area (Å²) in [6.07, 6.45) is -0.696. The molecule has 102 valence electrons. The number of halogens is 1. The van der Waals surface area contributed by atoms with Crippen LogP contribution in [-0.2, 0) is 14.3 Å². The van der Waals surface area contributed by atoms with Crippen LogP contribution in [0.25, 0.3) is 0 Å². The van der Waals surface area contributed by atoms with E-state index in [1.807, 2.05) is 12.1 Å². The van der Waals surface area contributed by atoms with E-state index in [9.17, 15) is 9.59 Å². The first kappa shape index (κ1) is 14.0. The van der Waals surface area contributed by atoms with E-state index in [4.69, 9.17) is 4.74 Å². The molecule has 1 heterocycles. The molecule has 1 atom stereocenters. The molecule has 0 N–H and O–H groups in total.